The number of ether oxygens (including phenoxy) is 2. The second-order valence-corrected chi connectivity index (χ2v) is 3.81. The van der Waals surface area contributed by atoms with Gasteiger partial charge in [0, 0.05) is 10.8 Å². The van der Waals surface area contributed by atoms with Crippen LogP contribution in [0, 0.1) is 0 Å². The van der Waals surface area contributed by atoms with Crippen molar-refractivity contribution in [1.82, 2.24) is 0 Å². The van der Waals surface area contributed by atoms with Crippen LogP contribution in [0.15, 0.2) is 61.7 Å². The van der Waals surface area contributed by atoms with E-state index in [9.17, 15) is 0 Å². The quantitative estimate of drug-likeness (QED) is 0.711. The summed E-state index contributed by atoms with van der Waals surface area (Å²) in [6.45, 7) is 8.30. The van der Waals surface area contributed by atoms with Crippen LogP contribution < -0.4 is 9.47 Å². The molecule has 0 N–H and O–H groups in total. The van der Waals surface area contributed by atoms with Crippen LogP contribution in [0.5, 0.6) is 11.5 Å². The van der Waals surface area contributed by atoms with Crippen LogP contribution in [0.2, 0.25) is 0 Å². The molecule has 0 aromatic heterocycles. The molecule has 2 heteroatoms. The summed E-state index contributed by atoms with van der Waals surface area (Å²) in [5.41, 5.74) is 0. The van der Waals surface area contributed by atoms with Gasteiger partial charge >= 0.3 is 0 Å². The monoisotopic (exact) mass is 240 g/mol. The van der Waals surface area contributed by atoms with E-state index >= 15 is 0 Å². The number of fused-ring (bicyclic) bond motifs is 1. The molecule has 0 fully saturated rings. The van der Waals surface area contributed by atoms with E-state index in [4.69, 9.17) is 9.47 Å². The van der Waals surface area contributed by atoms with Crippen molar-refractivity contribution >= 4 is 10.8 Å². The van der Waals surface area contributed by atoms with Crippen LogP contribution in [0.4, 0.5) is 0 Å². The minimum absolute atomic E-state index is 0.497. The molecule has 2 nitrogen and oxygen atoms in total. The van der Waals surface area contributed by atoms with E-state index in [0.717, 1.165) is 22.3 Å². The summed E-state index contributed by atoms with van der Waals surface area (Å²) in [4.78, 5) is 0. The van der Waals surface area contributed by atoms with Crippen LogP contribution in [0.1, 0.15) is 0 Å². The maximum absolute atomic E-state index is 5.63. The van der Waals surface area contributed by atoms with Crippen LogP contribution in [0.25, 0.3) is 10.8 Å². The van der Waals surface area contributed by atoms with E-state index < -0.39 is 0 Å². The fourth-order valence-electron chi connectivity index (χ4n) is 1.80. The third-order valence-electron chi connectivity index (χ3n) is 2.56. The van der Waals surface area contributed by atoms with Crippen molar-refractivity contribution in [3.63, 3.8) is 0 Å². The standard InChI is InChI=1S/C16H16O2/c1-3-11-17-15-9-5-8-14-13(15)7-6-10-16(14)18-12-4-2/h3-10H,1-2,11-12H2. The zero-order valence-corrected chi connectivity index (χ0v) is 10.3. The van der Waals surface area contributed by atoms with Gasteiger partial charge in [-0.25, -0.2) is 0 Å². The van der Waals surface area contributed by atoms with E-state index in [-0.39, 0.29) is 0 Å². The third kappa shape index (κ3) is 2.54. The number of hydrogen-bond donors (Lipinski definition) is 0. The summed E-state index contributed by atoms with van der Waals surface area (Å²) in [6, 6.07) is 11.9. The van der Waals surface area contributed by atoms with Crippen molar-refractivity contribution in [2.24, 2.45) is 0 Å². The molecule has 0 heterocycles. The highest BCUT2D eigenvalue weighted by Gasteiger charge is 2.05. The zero-order valence-electron chi connectivity index (χ0n) is 10.3. The molecule has 0 aliphatic carbocycles. The maximum Gasteiger partial charge on any atom is 0.127 e. The Kier molecular flexibility index (Phi) is 4.02. The van der Waals surface area contributed by atoms with Gasteiger partial charge in [-0.1, -0.05) is 49.6 Å². The number of hydrogen-bond acceptors (Lipinski definition) is 2. The average Bonchev–Trinajstić information content (AvgIpc) is 2.42. The summed E-state index contributed by atoms with van der Waals surface area (Å²) in [7, 11) is 0. The van der Waals surface area contributed by atoms with Crippen molar-refractivity contribution in [2.75, 3.05) is 13.2 Å². The second-order valence-electron chi connectivity index (χ2n) is 3.81. The fourth-order valence-corrected chi connectivity index (χ4v) is 1.80. The van der Waals surface area contributed by atoms with Gasteiger partial charge in [-0.3, -0.25) is 0 Å². The molecule has 2 aromatic carbocycles. The molecule has 2 rings (SSSR count). The maximum atomic E-state index is 5.63. The Hall–Kier alpha value is -2.22. The molecule has 0 aliphatic heterocycles. The molecule has 92 valence electrons. The highest BCUT2D eigenvalue weighted by molar-refractivity contribution is 5.93. The van der Waals surface area contributed by atoms with Crippen molar-refractivity contribution < 1.29 is 9.47 Å². The summed E-state index contributed by atoms with van der Waals surface area (Å²) < 4.78 is 11.3. The van der Waals surface area contributed by atoms with Gasteiger partial charge < -0.3 is 9.47 Å². The first kappa shape index (κ1) is 12.2. The van der Waals surface area contributed by atoms with Gasteiger partial charge in [0.2, 0.25) is 0 Å². The lowest BCUT2D eigenvalue weighted by Gasteiger charge is -2.11. The first-order chi connectivity index (χ1) is 8.86. The Morgan fingerprint density at radius 1 is 0.778 bits per heavy atom. The van der Waals surface area contributed by atoms with E-state index in [1.54, 1.807) is 12.2 Å². The fraction of sp³-hybridized carbons (Fsp3) is 0.125. The number of benzene rings is 2. The summed E-state index contributed by atoms with van der Waals surface area (Å²) in [5, 5.41) is 2.09. The molecule has 0 spiro atoms. The molecule has 18 heavy (non-hydrogen) atoms. The van der Waals surface area contributed by atoms with Crippen LogP contribution in [0.3, 0.4) is 0 Å². The molecule has 0 unspecified atom stereocenters. The molecule has 0 saturated carbocycles. The van der Waals surface area contributed by atoms with E-state index in [1.807, 2.05) is 36.4 Å². The predicted octanol–water partition coefficient (Wildman–Crippen LogP) is 3.97. The SMILES string of the molecule is C=CCOc1cccc2c(OCC=C)cccc12. The smallest absolute Gasteiger partial charge is 0.127 e. The predicted molar refractivity (Wildman–Crippen MR) is 75.3 cm³/mol. The lowest BCUT2D eigenvalue weighted by Crippen LogP contribution is -1.96. The highest BCUT2D eigenvalue weighted by Crippen LogP contribution is 2.32. The van der Waals surface area contributed by atoms with Crippen molar-refractivity contribution in [3.8, 4) is 11.5 Å². The van der Waals surface area contributed by atoms with E-state index in [2.05, 4.69) is 13.2 Å². The Bertz CT molecular complexity index is 507. The Balaban J connectivity index is 2.43. The van der Waals surface area contributed by atoms with Crippen LogP contribution in [-0.4, -0.2) is 13.2 Å². The van der Waals surface area contributed by atoms with Crippen molar-refractivity contribution in [3.05, 3.63) is 61.7 Å². The molecule has 0 saturated heterocycles. The van der Waals surface area contributed by atoms with Crippen molar-refractivity contribution in [1.29, 1.82) is 0 Å². The topological polar surface area (TPSA) is 18.5 Å². The molecule has 0 radical (unpaired) electrons. The van der Waals surface area contributed by atoms with Crippen molar-refractivity contribution in [2.45, 2.75) is 0 Å². The molecule has 0 atom stereocenters. The lowest BCUT2D eigenvalue weighted by atomic mass is 10.1. The van der Waals surface area contributed by atoms with Crippen LogP contribution >= 0.6 is 0 Å². The first-order valence-electron chi connectivity index (χ1n) is 5.86. The normalized spacial score (nSPS) is 10.0. The van der Waals surface area contributed by atoms with E-state index in [1.165, 1.54) is 0 Å². The Morgan fingerprint density at radius 2 is 1.22 bits per heavy atom. The zero-order chi connectivity index (χ0) is 12.8. The minimum atomic E-state index is 0.497. The second kappa shape index (κ2) is 5.92. The molecular weight excluding hydrogens is 224 g/mol. The first-order valence-corrected chi connectivity index (χ1v) is 5.86. The van der Waals surface area contributed by atoms with Crippen LogP contribution in [-0.2, 0) is 0 Å². The van der Waals surface area contributed by atoms with Gasteiger partial charge in [0.1, 0.15) is 24.7 Å². The van der Waals surface area contributed by atoms with Gasteiger partial charge in [0.25, 0.3) is 0 Å². The van der Waals surface area contributed by atoms with Gasteiger partial charge in [-0.05, 0) is 12.1 Å². The van der Waals surface area contributed by atoms with Gasteiger partial charge in [-0.2, -0.15) is 0 Å². The summed E-state index contributed by atoms with van der Waals surface area (Å²) >= 11 is 0. The summed E-state index contributed by atoms with van der Waals surface area (Å²) in [5.74, 6) is 1.69. The average molecular weight is 240 g/mol. The van der Waals surface area contributed by atoms with Gasteiger partial charge in [-0.15, -0.1) is 0 Å². The molecule has 0 aliphatic rings. The molecule has 0 bridgehead atoms. The molecular formula is C16H16O2. The third-order valence-corrected chi connectivity index (χ3v) is 2.56. The Morgan fingerprint density at radius 3 is 1.61 bits per heavy atom. The highest BCUT2D eigenvalue weighted by atomic mass is 16.5. The number of rotatable bonds is 6. The Labute approximate surface area is 107 Å². The van der Waals surface area contributed by atoms with Gasteiger partial charge in [0.15, 0.2) is 0 Å². The molecule has 0 amide bonds. The minimum Gasteiger partial charge on any atom is -0.489 e. The largest absolute Gasteiger partial charge is 0.489 e. The lowest BCUT2D eigenvalue weighted by molar-refractivity contribution is 0.363. The van der Waals surface area contributed by atoms with E-state index in [0.29, 0.717) is 13.2 Å². The summed E-state index contributed by atoms with van der Waals surface area (Å²) in [6.07, 6.45) is 3.47. The van der Waals surface area contributed by atoms with Gasteiger partial charge in [0.05, 0.1) is 0 Å². The molecule has 2 aromatic rings.